The number of rotatable bonds is 6. The van der Waals surface area contributed by atoms with Gasteiger partial charge in [0.15, 0.2) is 5.82 Å². The smallest absolute Gasteiger partial charge is 0.230 e. The van der Waals surface area contributed by atoms with Crippen LogP contribution in [0.25, 0.3) is 5.82 Å². The Morgan fingerprint density at radius 1 is 1.39 bits per heavy atom. The summed E-state index contributed by atoms with van der Waals surface area (Å²) in [6, 6.07) is 5.63. The monoisotopic (exact) mass is 314 g/mol. The Bertz CT molecular complexity index is 648. The highest BCUT2D eigenvalue weighted by Crippen LogP contribution is 2.42. The molecular formula is C17H22N4O2. The van der Waals surface area contributed by atoms with Crippen molar-refractivity contribution in [3.63, 3.8) is 0 Å². The van der Waals surface area contributed by atoms with Gasteiger partial charge in [-0.3, -0.25) is 4.79 Å². The SMILES string of the molecule is COCCC1(C(=O)Nc2cnn(-c3ccccn3)c2)CCCC1. The molecule has 1 aliphatic rings. The second kappa shape index (κ2) is 6.91. The van der Waals surface area contributed by atoms with E-state index in [4.69, 9.17) is 4.74 Å². The zero-order chi connectivity index (χ0) is 16.1. The molecule has 2 heterocycles. The van der Waals surface area contributed by atoms with Crippen LogP contribution in [0.2, 0.25) is 0 Å². The van der Waals surface area contributed by atoms with Crippen LogP contribution in [0, 0.1) is 5.41 Å². The van der Waals surface area contributed by atoms with Crippen molar-refractivity contribution in [2.24, 2.45) is 5.41 Å². The van der Waals surface area contributed by atoms with Gasteiger partial charge in [0.1, 0.15) is 0 Å². The first-order valence-corrected chi connectivity index (χ1v) is 8.00. The summed E-state index contributed by atoms with van der Waals surface area (Å²) in [6.07, 6.45) is 9.99. The number of methoxy groups -OCH3 is 1. The summed E-state index contributed by atoms with van der Waals surface area (Å²) >= 11 is 0. The van der Waals surface area contributed by atoms with Crippen LogP contribution >= 0.6 is 0 Å². The molecule has 2 aromatic rings. The van der Waals surface area contributed by atoms with E-state index < -0.39 is 0 Å². The maximum atomic E-state index is 12.8. The second-order valence-corrected chi connectivity index (χ2v) is 6.05. The second-order valence-electron chi connectivity index (χ2n) is 6.05. The molecule has 6 nitrogen and oxygen atoms in total. The zero-order valence-electron chi connectivity index (χ0n) is 13.4. The number of aromatic nitrogens is 3. The molecule has 122 valence electrons. The van der Waals surface area contributed by atoms with E-state index in [0.29, 0.717) is 12.3 Å². The van der Waals surface area contributed by atoms with E-state index in [1.807, 2.05) is 18.2 Å². The Morgan fingerprint density at radius 2 is 2.22 bits per heavy atom. The zero-order valence-corrected chi connectivity index (χ0v) is 13.4. The third kappa shape index (κ3) is 3.42. The molecule has 0 saturated heterocycles. The normalized spacial score (nSPS) is 16.4. The standard InChI is InChI=1S/C17H22N4O2/c1-23-11-9-17(7-3-4-8-17)16(22)20-14-12-19-21(13-14)15-6-2-5-10-18-15/h2,5-6,10,12-13H,3-4,7-9,11H2,1H3,(H,20,22). The van der Waals surface area contributed by atoms with Crippen LogP contribution in [0.1, 0.15) is 32.1 Å². The van der Waals surface area contributed by atoms with E-state index >= 15 is 0 Å². The topological polar surface area (TPSA) is 69.0 Å². The predicted molar refractivity (Wildman–Crippen MR) is 87.4 cm³/mol. The molecule has 0 atom stereocenters. The van der Waals surface area contributed by atoms with Crippen molar-refractivity contribution in [2.75, 3.05) is 19.0 Å². The predicted octanol–water partition coefficient (Wildman–Crippen LogP) is 2.80. The van der Waals surface area contributed by atoms with E-state index in [2.05, 4.69) is 15.4 Å². The molecule has 1 saturated carbocycles. The van der Waals surface area contributed by atoms with Crippen LogP contribution in [-0.2, 0) is 9.53 Å². The number of anilines is 1. The Balaban J connectivity index is 1.71. The molecule has 23 heavy (non-hydrogen) atoms. The van der Waals surface area contributed by atoms with E-state index in [1.54, 1.807) is 30.4 Å². The molecule has 2 aromatic heterocycles. The lowest BCUT2D eigenvalue weighted by atomic mass is 9.82. The van der Waals surface area contributed by atoms with E-state index in [9.17, 15) is 4.79 Å². The molecule has 1 aliphatic carbocycles. The first-order chi connectivity index (χ1) is 11.2. The molecule has 0 spiro atoms. The average molecular weight is 314 g/mol. The maximum Gasteiger partial charge on any atom is 0.230 e. The summed E-state index contributed by atoms with van der Waals surface area (Å²) in [5.74, 6) is 0.801. The van der Waals surface area contributed by atoms with Crippen molar-refractivity contribution >= 4 is 11.6 Å². The van der Waals surface area contributed by atoms with Crippen molar-refractivity contribution < 1.29 is 9.53 Å². The molecular weight excluding hydrogens is 292 g/mol. The summed E-state index contributed by atoms with van der Waals surface area (Å²) in [5.41, 5.74) is 0.396. The van der Waals surface area contributed by atoms with Gasteiger partial charge in [0, 0.05) is 19.9 Å². The van der Waals surface area contributed by atoms with Gasteiger partial charge in [-0.2, -0.15) is 5.10 Å². The quantitative estimate of drug-likeness (QED) is 0.890. The minimum Gasteiger partial charge on any atom is -0.385 e. The summed E-state index contributed by atoms with van der Waals surface area (Å²) in [4.78, 5) is 17.0. The number of ether oxygens (including phenoxy) is 1. The van der Waals surface area contributed by atoms with Crippen LogP contribution in [-0.4, -0.2) is 34.4 Å². The van der Waals surface area contributed by atoms with Gasteiger partial charge in [0.25, 0.3) is 0 Å². The van der Waals surface area contributed by atoms with Crippen LogP contribution < -0.4 is 5.32 Å². The van der Waals surface area contributed by atoms with Crippen LogP contribution in [0.4, 0.5) is 5.69 Å². The minimum absolute atomic E-state index is 0.0765. The fraction of sp³-hybridized carbons (Fsp3) is 0.471. The molecule has 3 rings (SSSR count). The fourth-order valence-electron chi connectivity index (χ4n) is 3.21. The molecule has 6 heteroatoms. The first kappa shape index (κ1) is 15.7. The van der Waals surface area contributed by atoms with Crippen molar-refractivity contribution in [2.45, 2.75) is 32.1 Å². The van der Waals surface area contributed by atoms with E-state index in [-0.39, 0.29) is 11.3 Å². The number of nitrogens with one attached hydrogen (secondary N) is 1. The van der Waals surface area contributed by atoms with Gasteiger partial charge in [-0.15, -0.1) is 0 Å². The van der Waals surface area contributed by atoms with Crippen LogP contribution in [0.3, 0.4) is 0 Å². The largest absolute Gasteiger partial charge is 0.385 e. The molecule has 0 bridgehead atoms. The Morgan fingerprint density at radius 3 is 2.91 bits per heavy atom. The molecule has 0 radical (unpaired) electrons. The number of carbonyl (C=O) groups excluding carboxylic acids is 1. The van der Waals surface area contributed by atoms with Gasteiger partial charge < -0.3 is 10.1 Å². The van der Waals surface area contributed by atoms with Crippen LogP contribution in [0.5, 0.6) is 0 Å². The van der Waals surface area contributed by atoms with Gasteiger partial charge in [-0.05, 0) is 31.4 Å². The lowest BCUT2D eigenvalue weighted by Gasteiger charge is -2.27. The third-order valence-electron chi connectivity index (χ3n) is 4.55. The highest BCUT2D eigenvalue weighted by molar-refractivity contribution is 5.95. The van der Waals surface area contributed by atoms with E-state index in [0.717, 1.165) is 37.9 Å². The molecule has 1 N–H and O–H groups in total. The molecule has 1 amide bonds. The third-order valence-corrected chi connectivity index (χ3v) is 4.55. The highest BCUT2D eigenvalue weighted by atomic mass is 16.5. The van der Waals surface area contributed by atoms with Crippen LogP contribution in [0.15, 0.2) is 36.8 Å². The maximum absolute atomic E-state index is 12.8. The number of hydrogen-bond acceptors (Lipinski definition) is 4. The summed E-state index contributed by atoms with van der Waals surface area (Å²) in [5, 5.41) is 7.28. The van der Waals surface area contributed by atoms with Crippen molar-refractivity contribution in [1.29, 1.82) is 0 Å². The molecule has 1 fully saturated rings. The molecule has 0 aromatic carbocycles. The van der Waals surface area contributed by atoms with Gasteiger partial charge in [-0.1, -0.05) is 18.9 Å². The van der Waals surface area contributed by atoms with Gasteiger partial charge in [0.05, 0.1) is 23.5 Å². The fourth-order valence-corrected chi connectivity index (χ4v) is 3.21. The van der Waals surface area contributed by atoms with E-state index in [1.165, 1.54) is 0 Å². The summed E-state index contributed by atoms with van der Waals surface area (Å²) < 4.78 is 6.85. The van der Waals surface area contributed by atoms with Crippen molar-refractivity contribution in [3.8, 4) is 5.82 Å². The highest BCUT2D eigenvalue weighted by Gasteiger charge is 2.40. The Hall–Kier alpha value is -2.21. The Labute approximate surface area is 135 Å². The van der Waals surface area contributed by atoms with Gasteiger partial charge in [0.2, 0.25) is 5.91 Å². The Kier molecular flexibility index (Phi) is 4.71. The number of pyridine rings is 1. The van der Waals surface area contributed by atoms with Gasteiger partial charge >= 0.3 is 0 Å². The average Bonchev–Trinajstić information content (AvgIpc) is 3.24. The van der Waals surface area contributed by atoms with Crippen molar-refractivity contribution in [3.05, 3.63) is 36.8 Å². The first-order valence-electron chi connectivity index (χ1n) is 8.00. The summed E-state index contributed by atoms with van der Waals surface area (Å²) in [7, 11) is 1.68. The lowest BCUT2D eigenvalue weighted by Crippen LogP contribution is -2.34. The number of carbonyl (C=O) groups is 1. The lowest BCUT2D eigenvalue weighted by molar-refractivity contribution is -0.126. The molecule has 0 unspecified atom stereocenters. The summed E-state index contributed by atoms with van der Waals surface area (Å²) in [6.45, 7) is 0.612. The molecule has 0 aliphatic heterocycles. The number of nitrogens with zero attached hydrogens (tertiary/aromatic N) is 3. The van der Waals surface area contributed by atoms with Gasteiger partial charge in [-0.25, -0.2) is 9.67 Å². The number of amides is 1. The minimum atomic E-state index is -0.302. The number of hydrogen-bond donors (Lipinski definition) is 1. The van der Waals surface area contributed by atoms with Crippen molar-refractivity contribution in [1.82, 2.24) is 14.8 Å².